The fourth-order valence-corrected chi connectivity index (χ4v) is 1.65. The Balaban J connectivity index is 2.93. The first-order valence-electron chi connectivity index (χ1n) is 3.64. The maximum Gasteiger partial charge on any atom is 0.121 e. The molecule has 0 aliphatic carbocycles. The van der Waals surface area contributed by atoms with Crippen LogP contribution in [0.2, 0.25) is 10.0 Å². The molecule has 0 aliphatic heterocycles. The van der Waals surface area contributed by atoms with Crippen molar-refractivity contribution >= 4 is 58.0 Å². The molecule has 0 spiro atoms. The molecular weight excluding hydrogens is 285 g/mol. The molecule has 1 aromatic carbocycles. The number of halogens is 5. The van der Waals surface area contributed by atoms with Gasteiger partial charge in [-0.3, -0.25) is 0 Å². The van der Waals surface area contributed by atoms with Crippen molar-refractivity contribution in [3.8, 4) is 0 Å². The first-order valence-corrected chi connectivity index (χ1v) is 5.53. The topological polar surface area (TPSA) is 0 Å². The van der Waals surface area contributed by atoms with E-state index in [0.717, 1.165) is 5.56 Å². The van der Waals surface area contributed by atoms with E-state index in [2.05, 4.69) is 0 Å². The number of hydrogen-bond acceptors (Lipinski definition) is 0. The van der Waals surface area contributed by atoms with Gasteiger partial charge in [-0.05, 0) is 17.7 Å². The molecule has 0 radical (unpaired) electrons. The summed E-state index contributed by atoms with van der Waals surface area (Å²) >= 11 is 28.5. The summed E-state index contributed by atoms with van der Waals surface area (Å²) in [7, 11) is 0. The van der Waals surface area contributed by atoms with E-state index in [-0.39, 0.29) is 4.49 Å². The van der Waals surface area contributed by atoms with Gasteiger partial charge in [-0.1, -0.05) is 64.1 Å². The number of benzene rings is 1. The molecule has 0 unspecified atom stereocenters. The van der Waals surface area contributed by atoms with Crippen LogP contribution in [0.5, 0.6) is 0 Å². The van der Waals surface area contributed by atoms with Gasteiger partial charge in [0.2, 0.25) is 0 Å². The second-order valence-electron chi connectivity index (χ2n) is 2.58. The minimum absolute atomic E-state index is 0.0534. The standard InChI is InChI=1S/C9H5Cl5/c10-6-2-1-5(7(11)4-6)3-8(12)9(13)14/h1-2,4H,3H2. The van der Waals surface area contributed by atoms with E-state index in [4.69, 9.17) is 58.0 Å². The van der Waals surface area contributed by atoms with Crippen molar-refractivity contribution in [1.29, 1.82) is 0 Å². The van der Waals surface area contributed by atoms with Crippen LogP contribution in [0.15, 0.2) is 27.7 Å². The lowest BCUT2D eigenvalue weighted by molar-refractivity contribution is 1.24. The molecule has 1 rings (SSSR count). The molecular formula is C9H5Cl5. The second-order valence-corrected chi connectivity index (χ2v) is 4.83. The van der Waals surface area contributed by atoms with Crippen molar-refractivity contribution < 1.29 is 0 Å². The van der Waals surface area contributed by atoms with Crippen LogP contribution in [0.25, 0.3) is 0 Å². The predicted molar refractivity (Wildman–Crippen MR) is 64.8 cm³/mol. The van der Waals surface area contributed by atoms with Gasteiger partial charge >= 0.3 is 0 Å². The monoisotopic (exact) mass is 288 g/mol. The Kier molecular flexibility index (Phi) is 4.89. The zero-order chi connectivity index (χ0) is 10.7. The quantitative estimate of drug-likeness (QED) is 0.682. The van der Waals surface area contributed by atoms with E-state index in [1.54, 1.807) is 18.2 Å². The van der Waals surface area contributed by atoms with Gasteiger partial charge in [-0.15, -0.1) is 0 Å². The van der Waals surface area contributed by atoms with Crippen molar-refractivity contribution in [3.05, 3.63) is 43.3 Å². The predicted octanol–water partition coefficient (Wildman–Crippen LogP) is 5.42. The van der Waals surface area contributed by atoms with Gasteiger partial charge in [0.1, 0.15) is 4.49 Å². The molecule has 14 heavy (non-hydrogen) atoms. The number of allylic oxidation sites excluding steroid dienone is 1. The summed E-state index contributed by atoms with van der Waals surface area (Å²) < 4.78 is 0.0534. The molecule has 0 nitrogen and oxygen atoms in total. The molecule has 0 bridgehead atoms. The van der Waals surface area contributed by atoms with Crippen molar-refractivity contribution in [3.63, 3.8) is 0 Å². The third-order valence-electron chi connectivity index (χ3n) is 1.57. The minimum atomic E-state index is 0.0534. The summed E-state index contributed by atoms with van der Waals surface area (Å²) in [4.78, 5) is 0. The first kappa shape index (κ1) is 12.5. The van der Waals surface area contributed by atoms with Crippen molar-refractivity contribution in [2.45, 2.75) is 6.42 Å². The highest BCUT2D eigenvalue weighted by Crippen LogP contribution is 2.27. The fourth-order valence-electron chi connectivity index (χ4n) is 0.899. The van der Waals surface area contributed by atoms with E-state index in [1.807, 2.05) is 0 Å². The van der Waals surface area contributed by atoms with E-state index in [9.17, 15) is 0 Å². The minimum Gasteiger partial charge on any atom is -0.0862 e. The summed E-state index contributed by atoms with van der Waals surface area (Å²) in [6, 6.07) is 5.16. The lowest BCUT2D eigenvalue weighted by Crippen LogP contribution is -1.87. The molecule has 0 aliphatic rings. The van der Waals surface area contributed by atoms with Crippen molar-refractivity contribution in [2.75, 3.05) is 0 Å². The highest BCUT2D eigenvalue weighted by Gasteiger charge is 2.05. The Morgan fingerprint density at radius 2 is 1.71 bits per heavy atom. The average molecular weight is 290 g/mol. The molecule has 0 amide bonds. The van der Waals surface area contributed by atoms with Crippen molar-refractivity contribution in [2.24, 2.45) is 0 Å². The third kappa shape index (κ3) is 3.52. The van der Waals surface area contributed by atoms with Crippen LogP contribution in [0, 0.1) is 0 Å². The summed E-state index contributed by atoms with van der Waals surface area (Å²) in [5.74, 6) is 0. The molecule has 0 fully saturated rings. The van der Waals surface area contributed by atoms with Crippen LogP contribution in [0.1, 0.15) is 5.56 Å². The summed E-state index contributed by atoms with van der Waals surface area (Å²) in [5.41, 5.74) is 0.833. The normalized spacial score (nSPS) is 10.1. The van der Waals surface area contributed by atoms with Gasteiger partial charge in [-0.25, -0.2) is 0 Å². The van der Waals surface area contributed by atoms with Crippen LogP contribution >= 0.6 is 58.0 Å². The SMILES string of the molecule is ClC(Cl)=C(Cl)Cc1ccc(Cl)cc1Cl. The molecule has 76 valence electrons. The van der Waals surface area contributed by atoms with Crippen LogP contribution in [-0.2, 0) is 6.42 Å². The molecule has 0 N–H and O–H groups in total. The highest BCUT2D eigenvalue weighted by molar-refractivity contribution is 6.59. The number of hydrogen-bond donors (Lipinski definition) is 0. The average Bonchev–Trinajstić information content (AvgIpc) is 2.09. The van der Waals surface area contributed by atoms with Gasteiger partial charge in [0.15, 0.2) is 0 Å². The van der Waals surface area contributed by atoms with Crippen LogP contribution in [-0.4, -0.2) is 0 Å². The second kappa shape index (κ2) is 5.48. The van der Waals surface area contributed by atoms with Crippen LogP contribution in [0.4, 0.5) is 0 Å². The molecule has 0 aromatic heterocycles. The third-order valence-corrected chi connectivity index (χ3v) is 3.13. The lowest BCUT2D eigenvalue weighted by Gasteiger charge is -2.03. The Labute approximate surface area is 107 Å². The molecule has 0 heterocycles. The molecule has 1 aromatic rings. The molecule has 0 saturated carbocycles. The highest BCUT2D eigenvalue weighted by atomic mass is 35.5. The first-order chi connectivity index (χ1) is 6.50. The lowest BCUT2D eigenvalue weighted by atomic mass is 10.1. The fraction of sp³-hybridized carbons (Fsp3) is 0.111. The van der Waals surface area contributed by atoms with E-state index < -0.39 is 0 Å². The summed E-state index contributed by atoms with van der Waals surface area (Å²) in [6.07, 6.45) is 0.403. The zero-order valence-corrected chi connectivity index (χ0v) is 10.6. The zero-order valence-electron chi connectivity index (χ0n) is 6.83. The van der Waals surface area contributed by atoms with Crippen LogP contribution in [0.3, 0.4) is 0 Å². The van der Waals surface area contributed by atoms with Gasteiger partial charge in [-0.2, -0.15) is 0 Å². The van der Waals surface area contributed by atoms with Gasteiger partial charge in [0.05, 0.1) is 5.03 Å². The van der Waals surface area contributed by atoms with Gasteiger partial charge in [0, 0.05) is 16.5 Å². The smallest absolute Gasteiger partial charge is 0.0862 e. The molecule has 0 atom stereocenters. The number of rotatable bonds is 2. The van der Waals surface area contributed by atoms with Gasteiger partial charge in [0.25, 0.3) is 0 Å². The van der Waals surface area contributed by atoms with Crippen molar-refractivity contribution in [1.82, 2.24) is 0 Å². The van der Waals surface area contributed by atoms with E-state index >= 15 is 0 Å². The van der Waals surface area contributed by atoms with E-state index in [0.29, 0.717) is 21.5 Å². The molecule has 5 heteroatoms. The largest absolute Gasteiger partial charge is 0.121 e. The Morgan fingerprint density at radius 3 is 2.21 bits per heavy atom. The Bertz CT molecular complexity index is 365. The van der Waals surface area contributed by atoms with E-state index in [1.165, 1.54) is 0 Å². The maximum absolute atomic E-state index is 5.93. The maximum atomic E-state index is 5.93. The van der Waals surface area contributed by atoms with Gasteiger partial charge < -0.3 is 0 Å². The summed E-state index contributed by atoms with van der Waals surface area (Å²) in [5, 5.41) is 1.48. The Morgan fingerprint density at radius 1 is 1.07 bits per heavy atom. The molecule has 0 saturated heterocycles. The van der Waals surface area contributed by atoms with Crippen LogP contribution < -0.4 is 0 Å². The Hall–Kier alpha value is 0.410. The summed E-state index contributed by atoms with van der Waals surface area (Å²) in [6.45, 7) is 0.